The number of ether oxygens (including phenoxy) is 1. The van der Waals surface area contributed by atoms with Crippen molar-refractivity contribution in [2.24, 2.45) is 0 Å². The number of aromatic nitrogens is 2. The van der Waals surface area contributed by atoms with Gasteiger partial charge in [-0.1, -0.05) is 12.1 Å². The van der Waals surface area contributed by atoms with Crippen molar-refractivity contribution in [1.29, 1.82) is 5.26 Å². The summed E-state index contributed by atoms with van der Waals surface area (Å²) in [5.41, 5.74) is 5.14. The van der Waals surface area contributed by atoms with Gasteiger partial charge in [0.05, 0.1) is 18.4 Å². The highest BCUT2D eigenvalue weighted by Crippen LogP contribution is 2.30. The van der Waals surface area contributed by atoms with E-state index in [1.807, 2.05) is 6.07 Å². The number of rotatable bonds is 4. The van der Waals surface area contributed by atoms with Crippen LogP contribution in [0.4, 0.5) is 19.0 Å². The molecule has 0 atom stereocenters. The Bertz CT molecular complexity index is 1060. The molecule has 2 N–H and O–H groups in total. The van der Waals surface area contributed by atoms with Crippen molar-refractivity contribution in [2.75, 3.05) is 12.8 Å². The minimum Gasteiger partial charge on any atom is -0.497 e. The molecule has 0 spiro atoms. The molecule has 6 nitrogen and oxygen atoms in total. The zero-order chi connectivity index (χ0) is 20.5. The van der Waals surface area contributed by atoms with Crippen LogP contribution in [-0.4, -0.2) is 22.7 Å². The van der Waals surface area contributed by atoms with Crippen LogP contribution in [0.2, 0.25) is 0 Å². The molecule has 0 amide bonds. The maximum absolute atomic E-state index is 12.7. The van der Waals surface area contributed by atoms with Crippen LogP contribution in [0.1, 0.15) is 27.2 Å². The fourth-order valence-corrected chi connectivity index (χ4v) is 2.57. The van der Waals surface area contributed by atoms with Crippen LogP contribution >= 0.6 is 0 Å². The van der Waals surface area contributed by atoms with Crippen LogP contribution in [-0.2, 0) is 6.18 Å². The van der Waals surface area contributed by atoms with Crippen molar-refractivity contribution in [3.8, 4) is 17.5 Å². The molecule has 0 fully saturated rings. The lowest BCUT2D eigenvalue weighted by Gasteiger charge is -2.06. The Morgan fingerprint density at radius 2 is 1.75 bits per heavy atom. The van der Waals surface area contributed by atoms with Gasteiger partial charge in [0, 0.05) is 5.56 Å². The summed E-state index contributed by atoms with van der Waals surface area (Å²) in [6.45, 7) is 0. The van der Waals surface area contributed by atoms with E-state index in [1.54, 1.807) is 24.3 Å². The minimum absolute atomic E-state index is 0.0381. The number of carbonyl (C=O) groups is 1. The highest BCUT2D eigenvalue weighted by Gasteiger charge is 2.31. The van der Waals surface area contributed by atoms with Gasteiger partial charge in [-0.25, -0.2) is 4.68 Å². The Labute approximate surface area is 157 Å². The smallest absolute Gasteiger partial charge is 0.416 e. The lowest BCUT2D eigenvalue weighted by atomic mass is 10.0. The molecule has 1 aromatic heterocycles. The first-order valence-corrected chi connectivity index (χ1v) is 7.91. The van der Waals surface area contributed by atoms with Crippen LogP contribution in [0.5, 0.6) is 5.75 Å². The summed E-state index contributed by atoms with van der Waals surface area (Å²) in [6.07, 6.45) is -4.51. The molecule has 0 aliphatic carbocycles. The third-order valence-corrected chi connectivity index (χ3v) is 4.04. The standard InChI is InChI=1S/C19H13F3N4O2/c1-28-14-8-6-13(7-9-14)26-18(24)15(10-23)16(25-26)17(27)11-2-4-12(5-3-11)19(20,21)22/h2-9H,24H2,1H3. The van der Waals surface area contributed by atoms with Gasteiger partial charge in [-0.05, 0) is 36.4 Å². The van der Waals surface area contributed by atoms with Crippen molar-refractivity contribution in [1.82, 2.24) is 9.78 Å². The zero-order valence-electron chi connectivity index (χ0n) is 14.5. The summed E-state index contributed by atoms with van der Waals surface area (Å²) in [5, 5.41) is 13.5. The fourth-order valence-electron chi connectivity index (χ4n) is 2.57. The Morgan fingerprint density at radius 1 is 1.14 bits per heavy atom. The maximum atomic E-state index is 12.7. The second-order valence-electron chi connectivity index (χ2n) is 5.73. The summed E-state index contributed by atoms with van der Waals surface area (Å²) >= 11 is 0. The van der Waals surface area contributed by atoms with Gasteiger partial charge >= 0.3 is 6.18 Å². The highest BCUT2D eigenvalue weighted by atomic mass is 19.4. The molecule has 0 saturated heterocycles. The molecule has 28 heavy (non-hydrogen) atoms. The normalized spacial score (nSPS) is 11.1. The predicted octanol–water partition coefficient (Wildman–Crippen LogP) is 3.58. The van der Waals surface area contributed by atoms with Gasteiger partial charge in [0.2, 0.25) is 5.78 Å². The molecule has 0 aliphatic heterocycles. The molecular weight excluding hydrogens is 373 g/mol. The lowest BCUT2D eigenvalue weighted by molar-refractivity contribution is -0.137. The van der Waals surface area contributed by atoms with E-state index < -0.39 is 17.5 Å². The number of benzene rings is 2. The molecule has 0 bridgehead atoms. The first kappa shape index (κ1) is 19.0. The number of halogens is 3. The molecule has 1 heterocycles. The molecule has 0 radical (unpaired) electrons. The predicted molar refractivity (Wildman–Crippen MR) is 94.1 cm³/mol. The zero-order valence-corrected chi connectivity index (χ0v) is 14.5. The number of ketones is 1. The largest absolute Gasteiger partial charge is 0.497 e. The first-order valence-electron chi connectivity index (χ1n) is 7.91. The van der Waals surface area contributed by atoms with E-state index in [4.69, 9.17) is 10.5 Å². The molecule has 3 rings (SSSR count). The molecule has 0 saturated carbocycles. The maximum Gasteiger partial charge on any atom is 0.416 e. The van der Waals surface area contributed by atoms with Crippen LogP contribution < -0.4 is 10.5 Å². The van der Waals surface area contributed by atoms with E-state index in [2.05, 4.69) is 5.10 Å². The van der Waals surface area contributed by atoms with Gasteiger partial charge < -0.3 is 10.5 Å². The topological polar surface area (TPSA) is 93.9 Å². The van der Waals surface area contributed by atoms with Crippen molar-refractivity contribution >= 4 is 11.6 Å². The molecule has 0 aliphatic rings. The number of hydrogen-bond donors (Lipinski definition) is 1. The van der Waals surface area contributed by atoms with E-state index in [9.17, 15) is 23.2 Å². The van der Waals surface area contributed by atoms with Gasteiger partial charge in [0.1, 0.15) is 23.2 Å². The Balaban J connectivity index is 2.02. The lowest BCUT2D eigenvalue weighted by Crippen LogP contribution is -2.08. The quantitative estimate of drug-likeness (QED) is 0.692. The van der Waals surface area contributed by atoms with Crippen LogP contribution in [0.15, 0.2) is 48.5 Å². The highest BCUT2D eigenvalue weighted by molar-refractivity contribution is 6.09. The average Bonchev–Trinajstić information content (AvgIpc) is 3.03. The first-order chi connectivity index (χ1) is 13.3. The number of nitrogen functional groups attached to an aromatic ring is 1. The van der Waals surface area contributed by atoms with Gasteiger partial charge in [0.15, 0.2) is 5.69 Å². The Kier molecular flexibility index (Phi) is 4.79. The van der Waals surface area contributed by atoms with Crippen molar-refractivity contribution < 1.29 is 22.7 Å². The fraction of sp³-hybridized carbons (Fsp3) is 0.105. The van der Waals surface area contributed by atoms with E-state index in [0.29, 0.717) is 11.4 Å². The van der Waals surface area contributed by atoms with E-state index in [1.165, 1.54) is 11.8 Å². The van der Waals surface area contributed by atoms with Gasteiger partial charge in [-0.15, -0.1) is 0 Å². The van der Waals surface area contributed by atoms with Gasteiger partial charge in [-0.2, -0.15) is 23.5 Å². The molecule has 0 unspecified atom stereocenters. The SMILES string of the molecule is COc1ccc(-n2nc(C(=O)c3ccc(C(F)(F)F)cc3)c(C#N)c2N)cc1. The number of hydrogen-bond acceptors (Lipinski definition) is 5. The number of methoxy groups -OCH3 is 1. The molecule has 3 aromatic rings. The number of nitrogens with two attached hydrogens (primary N) is 1. The second-order valence-corrected chi connectivity index (χ2v) is 5.73. The number of anilines is 1. The minimum atomic E-state index is -4.51. The van der Waals surface area contributed by atoms with Crippen molar-refractivity contribution in [2.45, 2.75) is 6.18 Å². The Morgan fingerprint density at radius 3 is 2.25 bits per heavy atom. The summed E-state index contributed by atoms with van der Waals surface area (Å²) in [7, 11) is 1.51. The van der Waals surface area contributed by atoms with E-state index in [-0.39, 0.29) is 22.6 Å². The van der Waals surface area contributed by atoms with Crippen LogP contribution in [0.25, 0.3) is 5.69 Å². The average molecular weight is 386 g/mol. The summed E-state index contributed by atoms with van der Waals surface area (Å²) < 4.78 is 44.4. The van der Waals surface area contributed by atoms with Crippen molar-refractivity contribution in [3.63, 3.8) is 0 Å². The number of nitrogens with zero attached hydrogens (tertiary/aromatic N) is 3. The van der Waals surface area contributed by atoms with Crippen LogP contribution in [0.3, 0.4) is 0 Å². The van der Waals surface area contributed by atoms with E-state index in [0.717, 1.165) is 24.3 Å². The summed E-state index contributed by atoms with van der Waals surface area (Å²) in [5.74, 6) is -0.164. The summed E-state index contributed by atoms with van der Waals surface area (Å²) in [4.78, 5) is 12.7. The molecule has 9 heteroatoms. The third-order valence-electron chi connectivity index (χ3n) is 4.04. The second kappa shape index (κ2) is 7.08. The van der Waals surface area contributed by atoms with Crippen molar-refractivity contribution in [3.05, 3.63) is 70.9 Å². The van der Waals surface area contributed by atoms with Gasteiger partial charge in [-0.3, -0.25) is 4.79 Å². The summed E-state index contributed by atoms with van der Waals surface area (Å²) in [6, 6.07) is 12.1. The number of nitriles is 1. The third kappa shape index (κ3) is 3.40. The molecule has 2 aromatic carbocycles. The number of alkyl halides is 3. The van der Waals surface area contributed by atoms with E-state index >= 15 is 0 Å². The Hall–Kier alpha value is -3.80. The monoisotopic (exact) mass is 386 g/mol. The van der Waals surface area contributed by atoms with Crippen LogP contribution in [0, 0.1) is 11.3 Å². The molecule has 142 valence electrons. The molecular formula is C19H13F3N4O2. The van der Waals surface area contributed by atoms with Gasteiger partial charge in [0.25, 0.3) is 0 Å². The number of carbonyl (C=O) groups excluding carboxylic acids is 1.